The van der Waals surface area contributed by atoms with Gasteiger partial charge in [-0.2, -0.15) is 5.10 Å². The number of halogens is 1. The second-order valence-electron chi connectivity index (χ2n) is 5.74. The molecule has 5 nitrogen and oxygen atoms in total. The minimum atomic E-state index is -0.424. The first-order chi connectivity index (χ1) is 10.3. The van der Waals surface area contributed by atoms with Crippen molar-refractivity contribution >= 4 is 44.6 Å². The first-order valence-corrected chi connectivity index (χ1v) is 8.94. The molecular weight excluding hydrogens is 364 g/mol. The predicted molar refractivity (Wildman–Crippen MR) is 93.7 cm³/mol. The lowest BCUT2D eigenvalue weighted by molar-refractivity contribution is -0.131. The highest BCUT2D eigenvalue weighted by atomic mass is 79.9. The van der Waals surface area contributed by atoms with E-state index in [0.717, 1.165) is 21.0 Å². The molecule has 0 aromatic heterocycles. The van der Waals surface area contributed by atoms with Crippen molar-refractivity contribution in [2.75, 3.05) is 6.26 Å². The molecule has 2 aliphatic rings. The average molecular weight is 381 g/mol. The molecule has 0 N–H and O–H groups in total. The summed E-state index contributed by atoms with van der Waals surface area (Å²) in [6, 6.07) is 7.96. The number of amidine groups is 2. The topological polar surface area (TPSA) is 48.3 Å². The number of carbonyl (C=O) groups is 1. The number of aliphatic imine (C=N–C) groups is 1. The number of amides is 1. The number of benzene rings is 1. The second kappa shape index (κ2) is 5.38. The van der Waals surface area contributed by atoms with Crippen LogP contribution in [0.25, 0.3) is 0 Å². The lowest BCUT2D eigenvalue weighted by Gasteiger charge is -2.28. The second-order valence-corrected chi connectivity index (χ2v) is 7.43. The van der Waals surface area contributed by atoms with E-state index < -0.39 is 5.54 Å². The summed E-state index contributed by atoms with van der Waals surface area (Å²) in [6.45, 7) is 5.58. The van der Waals surface area contributed by atoms with Crippen molar-refractivity contribution in [3.05, 3.63) is 34.3 Å². The Bertz CT molecular complexity index is 701. The van der Waals surface area contributed by atoms with E-state index in [1.807, 2.05) is 44.4 Å². The van der Waals surface area contributed by atoms with E-state index in [2.05, 4.69) is 25.9 Å². The molecule has 0 aliphatic carbocycles. The van der Waals surface area contributed by atoms with E-state index in [9.17, 15) is 4.79 Å². The minimum absolute atomic E-state index is 0.0804. The first kappa shape index (κ1) is 15.6. The zero-order valence-electron chi connectivity index (χ0n) is 12.9. The average Bonchev–Trinajstić information content (AvgIpc) is 2.95. The molecule has 0 fully saturated rings. The quantitative estimate of drug-likeness (QED) is 0.749. The van der Waals surface area contributed by atoms with Crippen molar-refractivity contribution in [2.45, 2.75) is 32.5 Å². The van der Waals surface area contributed by atoms with Gasteiger partial charge in [0.05, 0.1) is 0 Å². The van der Waals surface area contributed by atoms with Crippen LogP contribution >= 0.6 is 27.7 Å². The van der Waals surface area contributed by atoms with Crippen LogP contribution in [0.1, 0.15) is 32.5 Å². The van der Waals surface area contributed by atoms with E-state index >= 15 is 0 Å². The van der Waals surface area contributed by atoms with Gasteiger partial charge in [-0.1, -0.05) is 39.8 Å². The third-order valence-electron chi connectivity index (χ3n) is 3.69. The molecule has 3 rings (SSSR count). The Morgan fingerprint density at radius 1 is 1.41 bits per heavy atom. The fourth-order valence-electron chi connectivity index (χ4n) is 2.73. The van der Waals surface area contributed by atoms with Crippen LogP contribution in [-0.2, 0) is 4.79 Å². The van der Waals surface area contributed by atoms with Gasteiger partial charge < -0.3 is 0 Å². The molecule has 0 saturated heterocycles. The molecule has 0 spiro atoms. The van der Waals surface area contributed by atoms with Gasteiger partial charge >= 0.3 is 0 Å². The number of nitrogens with zero attached hydrogens (tertiary/aromatic N) is 4. The third kappa shape index (κ3) is 2.36. The molecule has 2 aliphatic heterocycles. The maximum absolute atomic E-state index is 12.1. The Balaban J connectivity index is 2.12. The molecule has 7 heteroatoms. The van der Waals surface area contributed by atoms with Crippen LogP contribution in [0.4, 0.5) is 0 Å². The monoisotopic (exact) mass is 380 g/mol. The maximum Gasteiger partial charge on any atom is 0.241 e. The highest BCUT2D eigenvalue weighted by molar-refractivity contribution is 9.10. The first-order valence-electron chi connectivity index (χ1n) is 6.92. The van der Waals surface area contributed by atoms with Crippen molar-refractivity contribution in [3.63, 3.8) is 0 Å². The summed E-state index contributed by atoms with van der Waals surface area (Å²) in [7, 11) is 0. The van der Waals surface area contributed by atoms with Gasteiger partial charge in [-0.05, 0) is 37.8 Å². The summed E-state index contributed by atoms with van der Waals surface area (Å²) in [5.74, 6) is 0.736. The van der Waals surface area contributed by atoms with Gasteiger partial charge in [0, 0.05) is 11.4 Å². The molecule has 116 valence electrons. The molecule has 0 radical (unpaired) electrons. The molecule has 1 unspecified atom stereocenters. The Hall–Kier alpha value is -1.34. The highest BCUT2D eigenvalue weighted by Gasteiger charge is 2.50. The molecule has 0 saturated carbocycles. The maximum atomic E-state index is 12.1. The van der Waals surface area contributed by atoms with Crippen molar-refractivity contribution in [1.29, 1.82) is 0 Å². The minimum Gasteiger partial charge on any atom is -0.278 e. The molecule has 1 amide bonds. The molecule has 0 bridgehead atoms. The number of hydrogen-bond donors (Lipinski definition) is 0. The van der Waals surface area contributed by atoms with Crippen LogP contribution in [0, 0.1) is 0 Å². The number of hydrogen-bond acceptors (Lipinski definition) is 5. The van der Waals surface area contributed by atoms with E-state index in [0.29, 0.717) is 0 Å². The fraction of sp³-hybridized carbons (Fsp3) is 0.400. The van der Waals surface area contributed by atoms with Gasteiger partial charge in [-0.15, -0.1) is 0 Å². The van der Waals surface area contributed by atoms with E-state index in [4.69, 9.17) is 4.99 Å². The van der Waals surface area contributed by atoms with Gasteiger partial charge in [0.2, 0.25) is 5.91 Å². The van der Waals surface area contributed by atoms with Crippen LogP contribution < -0.4 is 0 Å². The molecule has 22 heavy (non-hydrogen) atoms. The smallest absolute Gasteiger partial charge is 0.241 e. The molecule has 2 heterocycles. The summed E-state index contributed by atoms with van der Waals surface area (Å²) in [6.07, 6.45) is 1.71. The van der Waals surface area contributed by atoms with E-state index in [-0.39, 0.29) is 12.1 Å². The Morgan fingerprint density at radius 2 is 2.14 bits per heavy atom. The number of carbonyl (C=O) groups excluding carboxylic acids is 1. The third-order valence-corrected chi connectivity index (χ3v) is 4.83. The Morgan fingerprint density at radius 3 is 2.73 bits per heavy atom. The number of thioether (sulfide) groups is 1. The Labute approximate surface area is 142 Å². The zero-order valence-corrected chi connectivity index (χ0v) is 15.3. The van der Waals surface area contributed by atoms with Crippen molar-refractivity contribution in [2.24, 2.45) is 10.1 Å². The normalized spacial score (nSPS) is 22.5. The van der Waals surface area contributed by atoms with Gasteiger partial charge in [0.25, 0.3) is 0 Å². The van der Waals surface area contributed by atoms with Crippen molar-refractivity contribution < 1.29 is 4.79 Å². The molecule has 1 aromatic rings. The number of hydrazone groups is 1. The lowest BCUT2D eigenvalue weighted by atomic mass is 10.1. The largest absolute Gasteiger partial charge is 0.278 e. The van der Waals surface area contributed by atoms with Crippen LogP contribution in [0.15, 0.2) is 38.8 Å². The van der Waals surface area contributed by atoms with Gasteiger partial charge in [-0.25, -0.2) is 10.0 Å². The number of rotatable bonds is 1. The van der Waals surface area contributed by atoms with Crippen LogP contribution in [0.2, 0.25) is 0 Å². The van der Waals surface area contributed by atoms with Crippen LogP contribution in [0.5, 0.6) is 0 Å². The van der Waals surface area contributed by atoms with Crippen molar-refractivity contribution in [1.82, 2.24) is 9.91 Å². The van der Waals surface area contributed by atoms with Gasteiger partial charge in [0.1, 0.15) is 5.54 Å². The molecule has 1 aromatic carbocycles. The van der Waals surface area contributed by atoms with E-state index in [1.165, 1.54) is 0 Å². The summed E-state index contributed by atoms with van der Waals surface area (Å²) >= 11 is 5.07. The van der Waals surface area contributed by atoms with Crippen LogP contribution in [-0.4, -0.2) is 38.6 Å². The Kier molecular flexibility index (Phi) is 3.81. The fourth-order valence-corrected chi connectivity index (χ4v) is 3.85. The summed E-state index contributed by atoms with van der Waals surface area (Å²) in [4.78, 5) is 18.9. The SMILES string of the molecule is CSC1=NC(C)(C)C2=NN(C(C)=O)C(c3cccc(Br)c3)N12. The van der Waals surface area contributed by atoms with Gasteiger partial charge in [0.15, 0.2) is 17.2 Å². The highest BCUT2D eigenvalue weighted by Crippen LogP contribution is 2.41. The summed E-state index contributed by atoms with van der Waals surface area (Å²) in [5.41, 5.74) is 0.579. The summed E-state index contributed by atoms with van der Waals surface area (Å²) < 4.78 is 0.975. The standard InChI is InChI=1S/C15H17BrN4OS/c1-9(21)20-12(10-6-5-7-11(16)8-10)19-13(18-20)15(2,3)17-14(19)22-4/h5-8,12H,1-4H3. The number of fused-ring (bicyclic) bond motifs is 1. The molecule has 1 atom stereocenters. The molecular formula is C15H17BrN4OS. The van der Waals surface area contributed by atoms with Crippen LogP contribution in [0.3, 0.4) is 0 Å². The lowest BCUT2D eigenvalue weighted by Crippen LogP contribution is -2.39. The van der Waals surface area contributed by atoms with Crippen molar-refractivity contribution in [3.8, 4) is 0 Å². The summed E-state index contributed by atoms with van der Waals surface area (Å²) in [5, 5.41) is 7.00. The van der Waals surface area contributed by atoms with E-state index in [1.54, 1.807) is 23.7 Å². The zero-order chi connectivity index (χ0) is 16.1. The van der Waals surface area contributed by atoms with Gasteiger partial charge in [-0.3, -0.25) is 9.69 Å². The predicted octanol–water partition coefficient (Wildman–Crippen LogP) is 3.44.